The van der Waals surface area contributed by atoms with Crippen molar-refractivity contribution >= 4 is 54.9 Å². The number of carbonyl (C=O) groups excluding carboxylic acids is 3. The number of aromatic nitrogens is 3. The van der Waals surface area contributed by atoms with Gasteiger partial charge in [-0.25, -0.2) is 24.3 Å². The van der Waals surface area contributed by atoms with E-state index in [1.807, 2.05) is 20.8 Å². The number of alkyl halides is 9. The van der Waals surface area contributed by atoms with E-state index in [4.69, 9.17) is 41.6 Å². The minimum Gasteiger partial charge on any atom is -0.444 e. The highest BCUT2D eigenvalue weighted by atomic mass is 35.5. The Hall–Kier alpha value is -6.99. The van der Waals surface area contributed by atoms with E-state index < -0.39 is 77.4 Å². The van der Waals surface area contributed by atoms with Crippen molar-refractivity contribution in [1.82, 2.24) is 25.2 Å². The van der Waals surface area contributed by atoms with E-state index >= 15 is 0 Å². The van der Waals surface area contributed by atoms with Gasteiger partial charge in [-0.1, -0.05) is 60.1 Å². The molecule has 0 spiro atoms. The fourth-order valence-corrected chi connectivity index (χ4v) is 6.74. The van der Waals surface area contributed by atoms with Crippen molar-refractivity contribution in [3.05, 3.63) is 165 Å². The summed E-state index contributed by atoms with van der Waals surface area (Å²) < 4.78 is 127. The van der Waals surface area contributed by atoms with Crippen LogP contribution in [0.25, 0.3) is 22.5 Å². The number of benzene rings is 3. The van der Waals surface area contributed by atoms with Crippen LogP contribution in [0, 0.1) is 20.8 Å². The number of halogens is 11. The number of aryl methyl sites for hydroxylation is 3. The number of hydrogen-bond acceptors (Lipinski definition) is 12. The van der Waals surface area contributed by atoms with Gasteiger partial charge in [0, 0.05) is 42.8 Å². The first-order chi connectivity index (χ1) is 37.6. The molecule has 0 saturated carbocycles. The van der Waals surface area contributed by atoms with Crippen LogP contribution in [0.2, 0.25) is 5.15 Å². The van der Waals surface area contributed by atoms with Crippen molar-refractivity contribution < 1.29 is 78.2 Å². The summed E-state index contributed by atoms with van der Waals surface area (Å²) in [5.74, 6) is 0. The van der Waals surface area contributed by atoms with E-state index in [9.17, 15) is 53.9 Å². The number of nitrogens with one attached hydrogen (secondary N) is 1. The summed E-state index contributed by atoms with van der Waals surface area (Å²) in [6.45, 7) is 21.8. The number of nitrogens with zero attached hydrogens (tertiary/aromatic N) is 4. The van der Waals surface area contributed by atoms with E-state index in [2.05, 4.69) is 20.3 Å². The van der Waals surface area contributed by atoms with Gasteiger partial charge in [-0.2, -0.15) is 39.5 Å². The van der Waals surface area contributed by atoms with E-state index in [1.165, 1.54) is 24.3 Å². The van der Waals surface area contributed by atoms with E-state index in [-0.39, 0.29) is 36.1 Å². The van der Waals surface area contributed by atoms with Gasteiger partial charge >= 0.3 is 43.9 Å². The molecule has 83 heavy (non-hydrogen) atoms. The lowest BCUT2D eigenvalue weighted by atomic mass is 9.80. The summed E-state index contributed by atoms with van der Waals surface area (Å²) in [5.41, 5.74) is 8.82. The molecule has 26 heteroatoms. The van der Waals surface area contributed by atoms with Crippen molar-refractivity contribution in [3.63, 3.8) is 0 Å². The smallest absolute Gasteiger partial charge is 0.444 e. The molecule has 0 radical (unpaired) electrons. The van der Waals surface area contributed by atoms with Crippen LogP contribution in [0.3, 0.4) is 0 Å². The monoisotopic (exact) mass is 1210 g/mol. The quantitative estimate of drug-likeness (QED) is 0.0487. The van der Waals surface area contributed by atoms with Crippen LogP contribution in [-0.4, -0.2) is 72.1 Å². The molecular formula is C57H66BCl2F9N6O8. The standard InChI is InChI=1S/C19H21F3N2O2.C17H25ClN2O4.C14H13F3N2.C7H6BF3O2.ClH/c1-12-10-23-16(13-5-7-15(8-6-13)19(20,21)22)9-14(12)11-24-17(25)26-18(2,3)4;1-11-9-19-13(18)8-12(11)10-20(14(21)23-16(2,3)4)15(22)24-17(5,6)7;1-9-8-19-13(6-11(9)7-18)10-2-4-12(5-3-10)14(15,16)17;9-7(10,11)5-1-3-6(4-2-5)8(12)13;/h5-10H,11H2,1-4H3,(H,24,25);8-9H,10H2,1-7H3;2-6,8H,7,18H2,1H3;1-4,12-13H;1H. The number of pyridine rings is 3. The van der Waals surface area contributed by atoms with Crippen molar-refractivity contribution in [2.75, 3.05) is 0 Å². The SMILES string of the molecule is Cc1cnc(-c2ccc(C(F)(F)F)cc2)cc1CN.Cc1cnc(-c2ccc(C(F)(F)F)cc2)cc1CNC(=O)OC(C)(C)C.Cc1cnc(Cl)cc1CN(C(=O)OC(C)(C)C)C(=O)OC(C)(C)C.Cl.OB(O)c1ccc(C(F)(F)F)cc1. The van der Waals surface area contributed by atoms with Crippen molar-refractivity contribution in [1.29, 1.82) is 0 Å². The highest BCUT2D eigenvalue weighted by molar-refractivity contribution is 6.58. The second-order valence-corrected chi connectivity index (χ2v) is 21.6. The maximum atomic E-state index is 12.7. The molecule has 0 bridgehead atoms. The molecule has 5 N–H and O–H groups in total. The van der Waals surface area contributed by atoms with Gasteiger partial charge in [0.2, 0.25) is 0 Å². The Morgan fingerprint density at radius 2 is 0.904 bits per heavy atom. The van der Waals surface area contributed by atoms with Crippen LogP contribution >= 0.6 is 24.0 Å². The van der Waals surface area contributed by atoms with Crippen LogP contribution in [0.4, 0.5) is 53.9 Å². The van der Waals surface area contributed by atoms with E-state index in [0.717, 1.165) is 81.2 Å². The van der Waals surface area contributed by atoms with Gasteiger partial charge in [0.1, 0.15) is 22.0 Å². The van der Waals surface area contributed by atoms with Gasteiger partial charge in [-0.15, -0.1) is 12.4 Å². The molecule has 0 aliphatic heterocycles. The second-order valence-electron chi connectivity index (χ2n) is 21.2. The predicted octanol–water partition coefficient (Wildman–Crippen LogP) is 14.2. The number of imide groups is 1. The van der Waals surface area contributed by atoms with Crippen LogP contribution in [-0.2, 0) is 52.4 Å². The second kappa shape index (κ2) is 30.0. The summed E-state index contributed by atoms with van der Waals surface area (Å²) in [5, 5.41) is 20.1. The molecule has 452 valence electrons. The summed E-state index contributed by atoms with van der Waals surface area (Å²) in [4.78, 5) is 50.0. The average molecular weight is 1220 g/mol. The van der Waals surface area contributed by atoms with E-state index in [0.29, 0.717) is 34.6 Å². The zero-order valence-electron chi connectivity index (χ0n) is 47.5. The minimum absolute atomic E-state index is 0. The zero-order valence-corrected chi connectivity index (χ0v) is 49.1. The maximum Gasteiger partial charge on any atom is 0.488 e. The van der Waals surface area contributed by atoms with Gasteiger partial charge in [0.15, 0.2) is 0 Å². The van der Waals surface area contributed by atoms with Crippen LogP contribution in [0.5, 0.6) is 0 Å². The Labute approximate surface area is 487 Å². The topological polar surface area (TPSA) is 199 Å². The minimum atomic E-state index is -4.39. The largest absolute Gasteiger partial charge is 0.488 e. The van der Waals surface area contributed by atoms with Crippen LogP contribution < -0.4 is 16.5 Å². The first-order valence-electron chi connectivity index (χ1n) is 24.9. The highest BCUT2D eigenvalue weighted by Gasteiger charge is 2.34. The summed E-state index contributed by atoms with van der Waals surface area (Å²) in [6, 6.07) is 18.6. The number of hydrogen-bond donors (Lipinski definition) is 4. The molecule has 3 aromatic heterocycles. The molecule has 0 fully saturated rings. The molecule has 0 atom stereocenters. The number of rotatable bonds is 8. The summed E-state index contributed by atoms with van der Waals surface area (Å²) >= 11 is 5.91. The van der Waals surface area contributed by atoms with Crippen LogP contribution in [0.15, 0.2) is 110 Å². The third kappa shape index (κ3) is 25.2. The molecule has 0 unspecified atom stereocenters. The Morgan fingerprint density at radius 3 is 1.27 bits per heavy atom. The lowest BCUT2D eigenvalue weighted by molar-refractivity contribution is -0.138. The predicted molar refractivity (Wildman–Crippen MR) is 300 cm³/mol. The summed E-state index contributed by atoms with van der Waals surface area (Å²) in [6.07, 6.45) is -10.3. The third-order valence-corrected chi connectivity index (χ3v) is 11.0. The lowest BCUT2D eigenvalue weighted by Gasteiger charge is -2.29. The lowest BCUT2D eigenvalue weighted by Crippen LogP contribution is -2.43. The number of ether oxygens (including phenoxy) is 3. The normalized spacial score (nSPS) is 11.6. The van der Waals surface area contributed by atoms with Crippen molar-refractivity contribution in [2.24, 2.45) is 5.73 Å². The van der Waals surface area contributed by atoms with E-state index in [1.54, 1.807) is 99.1 Å². The Bertz CT molecular complexity index is 3050. The molecule has 0 saturated heterocycles. The molecule has 6 aromatic rings. The average Bonchev–Trinajstić information content (AvgIpc) is 3.43. The summed E-state index contributed by atoms with van der Waals surface area (Å²) in [7, 11) is -1.73. The van der Waals surface area contributed by atoms with Gasteiger partial charge < -0.3 is 35.3 Å². The fraction of sp³-hybridized carbons (Fsp3) is 0.368. The number of amides is 3. The fourth-order valence-electron chi connectivity index (χ4n) is 6.56. The molecule has 3 heterocycles. The maximum absolute atomic E-state index is 12.7. The third-order valence-electron chi connectivity index (χ3n) is 10.8. The van der Waals surface area contributed by atoms with Crippen LogP contribution in [0.1, 0.15) is 112 Å². The van der Waals surface area contributed by atoms with Crippen molar-refractivity contribution in [2.45, 2.75) is 138 Å². The van der Waals surface area contributed by atoms with Gasteiger partial charge in [-0.05, 0) is 164 Å². The first kappa shape index (κ1) is 72.1. The molecular weight excluding hydrogens is 1150 g/mol. The van der Waals surface area contributed by atoms with Gasteiger partial charge in [-0.3, -0.25) is 9.97 Å². The Kier molecular flexibility index (Phi) is 26.1. The Balaban J connectivity index is 0.000000386. The first-order valence-corrected chi connectivity index (χ1v) is 25.3. The van der Waals surface area contributed by atoms with Gasteiger partial charge in [0.05, 0.1) is 34.6 Å². The van der Waals surface area contributed by atoms with Crippen molar-refractivity contribution in [3.8, 4) is 22.5 Å². The highest BCUT2D eigenvalue weighted by Crippen LogP contribution is 2.33. The molecule has 6 rings (SSSR count). The number of nitrogens with two attached hydrogens (primary N) is 1. The molecule has 0 aliphatic rings. The Morgan fingerprint density at radius 1 is 0.554 bits per heavy atom. The van der Waals surface area contributed by atoms with Gasteiger partial charge in [0.25, 0.3) is 0 Å². The molecule has 3 aromatic carbocycles. The molecule has 14 nitrogen and oxygen atoms in total. The zero-order chi connectivity index (χ0) is 62.3. The molecule has 3 amide bonds. The number of carbonyl (C=O) groups is 3. The molecule has 0 aliphatic carbocycles. The number of alkyl carbamates (subject to hydrolysis) is 1.